The Labute approximate surface area is 196 Å². The molecule has 1 unspecified atom stereocenters. The molecule has 1 saturated heterocycles. The summed E-state index contributed by atoms with van der Waals surface area (Å²) in [4.78, 5) is 32.8. The third-order valence-corrected chi connectivity index (χ3v) is 7.90. The molecule has 2 fully saturated rings. The molecule has 5 rings (SSSR count). The smallest absolute Gasteiger partial charge is 0.196 e. The standard InChI is InChI=1S/C28H34N2O3/c1-20-7-6-10-22(17-20)28(26(31)24-12-11-23(33-2)18-25(24)27(28)32)30-15-13-29(14-16-30)19-21-8-4-3-5-9-21/h6-7,10-12,17-18,21H,3-5,8-9,13-16,19H2,1-2H3. The molecule has 1 heterocycles. The van der Waals surface area contributed by atoms with Crippen molar-refractivity contribution in [1.82, 2.24) is 9.80 Å². The number of nitrogens with zero attached hydrogens (tertiary/aromatic N) is 2. The quantitative estimate of drug-likeness (QED) is 0.634. The van der Waals surface area contributed by atoms with Gasteiger partial charge in [-0.05, 0) is 49.4 Å². The number of rotatable bonds is 5. The molecule has 3 aliphatic rings. The van der Waals surface area contributed by atoms with Gasteiger partial charge in [0.15, 0.2) is 17.1 Å². The summed E-state index contributed by atoms with van der Waals surface area (Å²) in [7, 11) is 1.59. The Hall–Kier alpha value is -2.50. The minimum Gasteiger partial charge on any atom is -0.497 e. The summed E-state index contributed by atoms with van der Waals surface area (Å²) < 4.78 is 5.36. The van der Waals surface area contributed by atoms with E-state index in [1.54, 1.807) is 25.3 Å². The minimum atomic E-state index is -1.28. The van der Waals surface area contributed by atoms with E-state index < -0.39 is 5.54 Å². The molecular weight excluding hydrogens is 412 g/mol. The first kappa shape index (κ1) is 22.3. The van der Waals surface area contributed by atoms with E-state index in [9.17, 15) is 9.59 Å². The van der Waals surface area contributed by atoms with E-state index in [2.05, 4.69) is 9.80 Å². The zero-order chi connectivity index (χ0) is 23.0. The fraction of sp³-hybridized carbons (Fsp3) is 0.500. The van der Waals surface area contributed by atoms with Crippen LogP contribution in [0.3, 0.4) is 0 Å². The lowest BCUT2D eigenvalue weighted by Gasteiger charge is -2.45. The molecule has 5 nitrogen and oxygen atoms in total. The third kappa shape index (κ3) is 3.81. The monoisotopic (exact) mass is 446 g/mol. The lowest BCUT2D eigenvalue weighted by atomic mass is 9.81. The number of benzene rings is 2. The van der Waals surface area contributed by atoms with E-state index in [4.69, 9.17) is 4.74 Å². The number of hydrogen-bond acceptors (Lipinski definition) is 5. The van der Waals surface area contributed by atoms with E-state index in [0.29, 0.717) is 30.0 Å². The molecule has 0 aromatic heterocycles. The second kappa shape index (κ2) is 9.03. The molecule has 0 spiro atoms. The molecule has 1 atom stereocenters. The van der Waals surface area contributed by atoms with Gasteiger partial charge in [-0.25, -0.2) is 0 Å². The molecule has 2 aromatic carbocycles. The largest absolute Gasteiger partial charge is 0.497 e. The van der Waals surface area contributed by atoms with Crippen LogP contribution in [-0.4, -0.2) is 61.2 Å². The predicted molar refractivity (Wildman–Crippen MR) is 129 cm³/mol. The summed E-state index contributed by atoms with van der Waals surface area (Å²) in [5.74, 6) is 1.18. The van der Waals surface area contributed by atoms with Crippen molar-refractivity contribution in [3.05, 3.63) is 64.7 Å². The van der Waals surface area contributed by atoms with Crippen molar-refractivity contribution in [3.8, 4) is 5.75 Å². The van der Waals surface area contributed by atoms with E-state index in [-0.39, 0.29) is 11.6 Å². The second-order valence-corrected chi connectivity index (χ2v) is 9.94. The number of fused-ring (bicyclic) bond motifs is 1. The van der Waals surface area contributed by atoms with Crippen LogP contribution in [0.15, 0.2) is 42.5 Å². The number of methoxy groups -OCH3 is 1. The van der Waals surface area contributed by atoms with Crippen LogP contribution in [0.5, 0.6) is 5.75 Å². The molecular formula is C28H34N2O3. The number of aryl methyl sites for hydroxylation is 1. The van der Waals surface area contributed by atoms with Gasteiger partial charge in [-0.2, -0.15) is 0 Å². The molecule has 1 saturated carbocycles. The lowest BCUT2D eigenvalue weighted by Crippen LogP contribution is -2.60. The molecule has 0 radical (unpaired) electrons. The Bertz CT molecular complexity index is 1050. The summed E-state index contributed by atoms with van der Waals surface area (Å²) in [5.41, 5.74) is 1.54. The first-order valence-corrected chi connectivity index (χ1v) is 12.4. The summed E-state index contributed by atoms with van der Waals surface area (Å²) in [6, 6.07) is 13.2. The highest BCUT2D eigenvalue weighted by atomic mass is 16.5. The first-order valence-electron chi connectivity index (χ1n) is 12.4. The maximum absolute atomic E-state index is 14.1. The Kier molecular flexibility index (Phi) is 6.11. The Morgan fingerprint density at radius 1 is 0.909 bits per heavy atom. The van der Waals surface area contributed by atoms with Gasteiger partial charge in [0.05, 0.1) is 7.11 Å². The summed E-state index contributed by atoms with van der Waals surface area (Å²) in [5, 5.41) is 0. The molecule has 5 heteroatoms. The summed E-state index contributed by atoms with van der Waals surface area (Å²) in [6.07, 6.45) is 6.75. The van der Waals surface area contributed by atoms with E-state index in [1.165, 1.54) is 32.1 Å². The Morgan fingerprint density at radius 3 is 2.33 bits per heavy atom. The molecule has 0 N–H and O–H groups in total. The van der Waals surface area contributed by atoms with Crippen LogP contribution in [0.25, 0.3) is 0 Å². The average Bonchev–Trinajstić information content (AvgIpc) is 3.07. The number of ketones is 2. The molecule has 174 valence electrons. The van der Waals surface area contributed by atoms with Crippen LogP contribution in [0.2, 0.25) is 0 Å². The van der Waals surface area contributed by atoms with Crippen LogP contribution in [0.1, 0.15) is 63.9 Å². The molecule has 33 heavy (non-hydrogen) atoms. The number of ether oxygens (including phenoxy) is 1. The number of hydrogen-bond donors (Lipinski definition) is 0. The topological polar surface area (TPSA) is 49.9 Å². The van der Waals surface area contributed by atoms with Crippen molar-refractivity contribution in [2.24, 2.45) is 5.92 Å². The van der Waals surface area contributed by atoms with E-state index in [0.717, 1.165) is 36.7 Å². The second-order valence-electron chi connectivity index (χ2n) is 9.94. The average molecular weight is 447 g/mol. The molecule has 2 aromatic rings. The van der Waals surface area contributed by atoms with Crippen molar-refractivity contribution >= 4 is 11.6 Å². The van der Waals surface area contributed by atoms with Gasteiger partial charge in [0.25, 0.3) is 0 Å². The molecule has 0 amide bonds. The molecule has 1 aliphatic heterocycles. The van der Waals surface area contributed by atoms with Crippen LogP contribution in [0.4, 0.5) is 0 Å². The fourth-order valence-corrected chi connectivity index (χ4v) is 6.13. The van der Waals surface area contributed by atoms with Gasteiger partial charge in [0.1, 0.15) is 5.75 Å². The van der Waals surface area contributed by atoms with Gasteiger partial charge in [0.2, 0.25) is 0 Å². The van der Waals surface area contributed by atoms with Gasteiger partial charge >= 0.3 is 0 Å². The van der Waals surface area contributed by atoms with Crippen molar-refractivity contribution in [2.75, 3.05) is 39.8 Å². The Balaban J connectivity index is 1.47. The summed E-state index contributed by atoms with van der Waals surface area (Å²) >= 11 is 0. The SMILES string of the molecule is COc1ccc2c(c1)C(=O)C(c1cccc(C)c1)(N1CCN(CC3CCCCC3)CC1)C2=O. The number of carbonyl (C=O) groups is 2. The van der Waals surface area contributed by atoms with E-state index in [1.807, 2.05) is 31.2 Å². The lowest BCUT2D eigenvalue weighted by molar-refractivity contribution is 0.0256. The van der Waals surface area contributed by atoms with Crippen LogP contribution in [-0.2, 0) is 5.54 Å². The van der Waals surface area contributed by atoms with Crippen molar-refractivity contribution < 1.29 is 14.3 Å². The van der Waals surface area contributed by atoms with Gasteiger partial charge in [-0.1, -0.05) is 49.1 Å². The van der Waals surface area contributed by atoms with Crippen molar-refractivity contribution in [1.29, 1.82) is 0 Å². The van der Waals surface area contributed by atoms with Gasteiger partial charge in [-0.3, -0.25) is 14.5 Å². The maximum atomic E-state index is 14.1. The summed E-state index contributed by atoms with van der Waals surface area (Å²) in [6.45, 7) is 6.37. The third-order valence-electron chi connectivity index (χ3n) is 7.90. The first-order chi connectivity index (χ1) is 16.0. The maximum Gasteiger partial charge on any atom is 0.196 e. The Morgan fingerprint density at radius 2 is 1.64 bits per heavy atom. The van der Waals surface area contributed by atoms with Crippen molar-refractivity contribution in [3.63, 3.8) is 0 Å². The van der Waals surface area contributed by atoms with Crippen molar-refractivity contribution in [2.45, 2.75) is 44.6 Å². The highest BCUT2D eigenvalue weighted by Gasteiger charge is 2.58. The van der Waals surface area contributed by atoms with E-state index >= 15 is 0 Å². The number of piperazine rings is 1. The van der Waals surface area contributed by atoms with Gasteiger partial charge in [0, 0.05) is 43.9 Å². The number of carbonyl (C=O) groups excluding carboxylic acids is 2. The minimum absolute atomic E-state index is 0.100. The zero-order valence-electron chi connectivity index (χ0n) is 19.8. The predicted octanol–water partition coefficient (Wildman–Crippen LogP) is 4.48. The highest BCUT2D eigenvalue weighted by Crippen LogP contribution is 2.44. The zero-order valence-corrected chi connectivity index (χ0v) is 19.8. The fourth-order valence-electron chi connectivity index (χ4n) is 6.13. The normalized spacial score (nSPS) is 24.8. The van der Waals surface area contributed by atoms with Crippen LogP contribution < -0.4 is 4.74 Å². The van der Waals surface area contributed by atoms with Gasteiger partial charge < -0.3 is 9.64 Å². The molecule has 0 bridgehead atoms. The molecule has 2 aliphatic carbocycles. The van der Waals surface area contributed by atoms with Gasteiger partial charge in [-0.15, -0.1) is 0 Å². The van der Waals surface area contributed by atoms with Crippen LogP contribution in [0, 0.1) is 12.8 Å². The number of Topliss-reactive ketones (excluding diaryl/α,β-unsaturated/α-hetero) is 2. The van der Waals surface area contributed by atoms with Crippen LogP contribution >= 0.6 is 0 Å². The highest BCUT2D eigenvalue weighted by molar-refractivity contribution is 6.33.